The summed E-state index contributed by atoms with van der Waals surface area (Å²) in [6.07, 6.45) is 7.97. The number of amides is 1. The zero-order valence-corrected chi connectivity index (χ0v) is 29.1. The number of para-hydroxylation sites is 1. The molecule has 2 N–H and O–H groups in total. The molecule has 0 spiro atoms. The van der Waals surface area contributed by atoms with Crippen molar-refractivity contribution in [3.8, 4) is 22.8 Å². The zero-order valence-electron chi connectivity index (χ0n) is 29.1. The largest absolute Gasteiger partial charge is 0.457 e. The van der Waals surface area contributed by atoms with Crippen LogP contribution < -0.4 is 10.5 Å². The quantitative estimate of drug-likeness (QED) is 0.233. The van der Waals surface area contributed by atoms with Gasteiger partial charge in [0.2, 0.25) is 0 Å². The van der Waals surface area contributed by atoms with Crippen LogP contribution in [0.5, 0.6) is 11.5 Å². The second-order valence-electron chi connectivity index (χ2n) is 14.9. The predicted octanol–water partition coefficient (Wildman–Crippen LogP) is 6.62. The summed E-state index contributed by atoms with van der Waals surface area (Å²) in [5, 5.41) is 5.94. The first-order valence-electron chi connectivity index (χ1n) is 18.0. The van der Waals surface area contributed by atoms with Gasteiger partial charge in [-0.2, -0.15) is 5.10 Å². The summed E-state index contributed by atoms with van der Waals surface area (Å²) in [5.41, 5.74) is 8.56. The van der Waals surface area contributed by atoms with E-state index in [1.807, 2.05) is 80.3 Å². The lowest BCUT2D eigenvalue weighted by Gasteiger charge is -2.43. The first kappa shape index (κ1) is 33.3. The zero-order chi connectivity index (χ0) is 34.0. The third kappa shape index (κ3) is 7.83. The molecule has 260 valence electrons. The third-order valence-electron chi connectivity index (χ3n) is 10.3. The van der Waals surface area contributed by atoms with Crippen molar-refractivity contribution in [2.24, 2.45) is 5.92 Å². The highest BCUT2D eigenvalue weighted by atomic mass is 16.6. The van der Waals surface area contributed by atoms with Crippen LogP contribution in [-0.2, 0) is 4.74 Å². The molecule has 11 nitrogen and oxygen atoms in total. The minimum atomic E-state index is -0.443. The Hall–Kier alpha value is -4.22. The van der Waals surface area contributed by atoms with E-state index in [-0.39, 0.29) is 12.1 Å². The highest BCUT2D eigenvalue weighted by molar-refractivity contribution is 5.98. The number of benzene rings is 2. The van der Waals surface area contributed by atoms with Gasteiger partial charge >= 0.3 is 6.09 Å². The summed E-state index contributed by atoms with van der Waals surface area (Å²) in [7, 11) is 0. The number of nitrogens with two attached hydrogens (primary N) is 1. The van der Waals surface area contributed by atoms with E-state index in [9.17, 15) is 4.79 Å². The van der Waals surface area contributed by atoms with Crippen LogP contribution in [0.1, 0.15) is 65.3 Å². The molecule has 0 atom stereocenters. The van der Waals surface area contributed by atoms with E-state index in [4.69, 9.17) is 20.3 Å². The number of carbonyl (C=O) groups excluding carboxylic acids is 1. The number of hydrogen-bond acceptors (Lipinski definition) is 9. The molecule has 3 aliphatic rings. The number of aromatic nitrogens is 4. The molecular formula is C38H50N8O3. The van der Waals surface area contributed by atoms with E-state index >= 15 is 0 Å². The van der Waals surface area contributed by atoms with Crippen molar-refractivity contribution in [1.29, 1.82) is 0 Å². The molecule has 3 saturated heterocycles. The highest BCUT2D eigenvalue weighted by Gasteiger charge is 2.33. The van der Waals surface area contributed by atoms with Crippen molar-refractivity contribution >= 4 is 22.9 Å². The predicted molar refractivity (Wildman–Crippen MR) is 192 cm³/mol. The van der Waals surface area contributed by atoms with Crippen molar-refractivity contribution in [1.82, 2.24) is 34.4 Å². The monoisotopic (exact) mass is 666 g/mol. The first-order chi connectivity index (χ1) is 23.7. The molecule has 1 amide bonds. The van der Waals surface area contributed by atoms with Crippen LogP contribution in [0.3, 0.4) is 0 Å². The van der Waals surface area contributed by atoms with E-state index in [0.29, 0.717) is 17.8 Å². The van der Waals surface area contributed by atoms with Gasteiger partial charge in [0, 0.05) is 44.3 Å². The minimum Gasteiger partial charge on any atom is -0.457 e. The first-order valence-corrected chi connectivity index (χ1v) is 18.0. The molecule has 0 radical (unpaired) electrons. The molecule has 2 aromatic heterocycles. The molecule has 4 aromatic rings. The Bertz CT molecular complexity index is 1700. The smallest absolute Gasteiger partial charge is 0.410 e. The summed E-state index contributed by atoms with van der Waals surface area (Å²) in [6, 6.07) is 18.6. The topological polar surface area (TPSA) is 115 Å². The second kappa shape index (κ2) is 14.3. The number of hydrogen-bond donors (Lipinski definition) is 1. The fourth-order valence-corrected chi connectivity index (χ4v) is 7.71. The van der Waals surface area contributed by atoms with Crippen LogP contribution in [0.25, 0.3) is 22.3 Å². The van der Waals surface area contributed by atoms with Gasteiger partial charge in [0.25, 0.3) is 0 Å². The lowest BCUT2D eigenvalue weighted by atomic mass is 9.94. The number of anilines is 1. The summed E-state index contributed by atoms with van der Waals surface area (Å²) < 4.78 is 13.7. The number of rotatable bonds is 7. The van der Waals surface area contributed by atoms with E-state index in [1.165, 1.54) is 12.8 Å². The summed E-state index contributed by atoms with van der Waals surface area (Å²) >= 11 is 0. The highest BCUT2D eigenvalue weighted by Crippen LogP contribution is 2.36. The van der Waals surface area contributed by atoms with Gasteiger partial charge in [-0.15, -0.1) is 0 Å². The molecule has 0 saturated carbocycles. The number of piperidine rings is 3. The van der Waals surface area contributed by atoms with Gasteiger partial charge in [0.15, 0.2) is 5.65 Å². The standard InChI is InChI=1S/C38H50N8O3/c1-38(2,3)49-37(47)45-21-13-27(14-22-45)25-43-19-15-29(16-20-43)44-23-17-30(18-24-44)46-36-33(35(39)40-26-41-36)34(42-46)28-9-11-32(12-10-28)48-31-7-5-4-6-8-31/h4-12,26-27,29-30H,13-25H2,1-3H3,(H2,39,40,41). The van der Waals surface area contributed by atoms with Crippen molar-refractivity contribution < 1.29 is 14.3 Å². The van der Waals surface area contributed by atoms with Crippen molar-refractivity contribution in [2.45, 2.75) is 77.0 Å². The Morgan fingerprint density at radius 1 is 0.816 bits per heavy atom. The average Bonchev–Trinajstić information content (AvgIpc) is 3.50. The lowest BCUT2D eigenvalue weighted by Crippen LogP contribution is -2.49. The number of nitrogens with zero attached hydrogens (tertiary/aromatic N) is 7. The molecule has 49 heavy (non-hydrogen) atoms. The maximum absolute atomic E-state index is 12.5. The molecular weight excluding hydrogens is 616 g/mol. The summed E-state index contributed by atoms with van der Waals surface area (Å²) in [5.74, 6) is 2.67. The van der Waals surface area contributed by atoms with Crippen LogP contribution in [-0.4, -0.2) is 98.0 Å². The van der Waals surface area contributed by atoms with Gasteiger partial charge in [-0.05, 0) is 115 Å². The maximum atomic E-state index is 12.5. The van der Waals surface area contributed by atoms with Crippen molar-refractivity contribution in [3.63, 3.8) is 0 Å². The van der Waals surface area contributed by atoms with E-state index in [0.717, 1.165) is 105 Å². The van der Waals surface area contributed by atoms with Crippen LogP contribution in [0.4, 0.5) is 10.6 Å². The third-order valence-corrected chi connectivity index (χ3v) is 10.3. The molecule has 3 aliphatic heterocycles. The van der Waals surface area contributed by atoms with Gasteiger partial charge in [0.1, 0.15) is 34.9 Å². The molecule has 3 fully saturated rings. The van der Waals surface area contributed by atoms with E-state index in [1.54, 1.807) is 6.33 Å². The Morgan fingerprint density at radius 3 is 2.14 bits per heavy atom. The number of carbonyl (C=O) groups is 1. The van der Waals surface area contributed by atoms with Gasteiger partial charge < -0.3 is 29.9 Å². The van der Waals surface area contributed by atoms with Gasteiger partial charge in [-0.3, -0.25) is 0 Å². The number of nitrogen functional groups attached to an aromatic ring is 1. The Morgan fingerprint density at radius 2 is 1.47 bits per heavy atom. The van der Waals surface area contributed by atoms with Gasteiger partial charge in [-0.25, -0.2) is 19.4 Å². The van der Waals surface area contributed by atoms with Gasteiger partial charge in [0.05, 0.1) is 11.4 Å². The molecule has 7 rings (SSSR count). The Kier molecular flexibility index (Phi) is 9.73. The molecule has 11 heteroatoms. The molecule has 2 aromatic carbocycles. The van der Waals surface area contributed by atoms with Crippen LogP contribution in [0, 0.1) is 5.92 Å². The van der Waals surface area contributed by atoms with Gasteiger partial charge in [-0.1, -0.05) is 18.2 Å². The molecule has 0 aliphatic carbocycles. The molecule has 0 bridgehead atoms. The second-order valence-corrected chi connectivity index (χ2v) is 14.9. The summed E-state index contributed by atoms with van der Waals surface area (Å²) in [4.78, 5) is 28.7. The van der Waals surface area contributed by atoms with E-state index < -0.39 is 5.60 Å². The number of likely N-dealkylation sites (tertiary alicyclic amines) is 3. The van der Waals surface area contributed by atoms with E-state index in [2.05, 4.69) is 24.4 Å². The fourth-order valence-electron chi connectivity index (χ4n) is 7.71. The number of fused-ring (bicyclic) bond motifs is 1. The van der Waals surface area contributed by atoms with Crippen LogP contribution >= 0.6 is 0 Å². The number of ether oxygens (including phenoxy) is 2. The molecule has 5 heterocycles. The Balaban J connectivity index is 0.921. The lowest BCUT2D eigenvalue weighted by molar-refractivity contribution is 0.0155. The minimum absolute atomic E-state index is 0.172. The SMILES string of the molecule is CC(C)(C)OC(=O)N1CCC(CN2CCC(N3CCC(n4nc(-c5ccc(Oc6ccccc6)cc5)c5c(N)ncnc54)CC3)CC2)CC1. The normalized spacial score (nSPS) is 19.4. The maximum Gasteiger partial charge on any atom is 0.410 e. The Labute approximate surface area is 289 Å². The fraction of sp³-hybridized carbons (Fsp3) is 0.526. The van der Waals surface area contributed by atoms with Crippen LogP contribution in [0.15, 0.2) is 60.9 Å². The van der Waals surface area contributed by atoms with Crippen LogP contribution in [0.2, 0.25) is 0 Å². The van der Waals surface area contributed by atoms with Crippen molar-refractivity contribution in [2.75, 3.05) is 51.5 Å². The summed E-state index contributed by atoms with van der Waals surface area (Å²) in [6.45, 7) is 12.9. The van der Waals surface area contributed by atoms with Crippen molar-refractivity contribution in [3.05, 3.63) is 60.9 Å². The average molecular weight is 667 g/mol. The molecule has 0 unspecified atom stereocenters.